The Morgan fingerprint density at radius 3 is 2.31 bits per heavy atom. The maximum Gasteiger partial charge on any atom is 0.223 e. The Kier molecular flexibility index (Phi) is 6.87. The van der Waals surface area contributed by atoms with Gasteiger partial charge in [-0.25, -0.2) is 23.4 Å². The van der Waals surface area contributed by atoms with Crippen LogP contribution in [-0.4, -0.2) is 46.7 Å². The standard InChI is InChI=1S/C24H25N7O3S/c1-15-28-23(31-24(25)29-15)20-12-17(5-4-16-6-9-19(10-7-16)35(3,32)33)13-27-22(20)30-18-8-11-21(34-2)26-14-18/h6-14H,4-5H2,1-3H3,(H,27,30)(H2,25,28,29,31). The molecule has 0 aliphatic carbocycles. The maximum atomic E-state index is 11.7. The highest BCUT2D eigenvalue weighted by Gasteiger charge is 2.14. The lowest BCUT2D eigenvalue weighted by atomic mass is 10.0. The molecule has 0 saturated heterocycles. The van der Waals surface area contributed by atoms with Crippen LogP contribution in [0.1, 0.15) is 17.0 Å². The number of nitrogen functional groups attached to an aromatic ring is 1. The Labute approximate surface area is 203 Å². The third kappa shape index (κ3) is 6.07. The number of hydrogen-bond donors (Lipinski definition) is 2. The van der Waals surface area contributed by atoms with E-state index >= 15 is 0 Å². The van der Waals surface area contributed by atoms with Crippen LogP contribution in [0.4, 0.5) is 17.5 Å². The summed E-state index contributed by atoms with van der Waals surface area (Å²) in [4.78, 5) is 22.0. The number of aromatic nitrogens is 5. The van der Waals surface area contributed by atoms with E-state index in [2.05, 4.69) is 30.2 Å². The molecule has 0 spiro atoms. The SMILES string of the molecule is COc1ccc(Nc2ncc(CCc3ccc(S(C)(=O)=O)cc3)cc2-c2nc(C)nc(N)n2)cn1. The van der Waals surface area contributed by atoms with E-state index in [0.29, 0.717) is 46.6 Å². The number of nitrogens with two attached hydrogens (primary N) is 1. The van der Waals surface area contributed by atoms with Crippen molar-refractivity contribution in [2.45, 2.75) is 24.7 Å². The van der Waals surface area contributed by atoms with E-state index in [1.54, 1.807) is 44.6 Å². The maximum absolute atomic E-state index is 11.7. The quantitative estimate of drug-likeness (QED) is 0.377. The number of benzene rings is 1. The van der Waals surface area contributed by atoms with Crippen molar-refractivity contribution in [1.82, 2.24) is 24.9 Å². The Morgan fingerprint density at radius 2 is 1.69 bits per heavy atom. The second-order valence-electron chi connectivity index (χ2n) is 7.93. The van der Waals surface area contributed by atoms with Crippen molar-refractivity contribution in [2.24, 2.45) is 0 Å². The molecule has 0 aliphatic heterocycles. The number of anilines is 3. The highest BCUT2D eigenvalue weighted by atomic mass is 32.2. The van der Waals surface area contributed by atoms with Gasteiger partial charge in [0.2, 0.25) is 11.8 Å². The lowest BCUT2D eigenvalue weighted by Gasteiger charge is -2.13. The number of aryl methyl sites for hydroxylation is 3. The number of ether oxygens (including phenoxy) is 1. The molecular formula is C24H25N7O3S. The van der Waals surface area contributed by atoms with Gasteiger partial charge in [-0.05, 0) is 55.2 Å². The second kappa shape index (κ2) is 10.0. The van der Waals surface area contributed by atoms with Gasteiger partial charge in [0.1, 0.15) is 11.6 Å². The third-order valence-corrected chi connectivity index (χ3v) is 6.34. The largest absolute Gasteiger partial charge is 0.481 e. The van der Waals surface area contributed by atoms with Crippen LogP contribution in [0.25, 0.3) is 11.4 Å². The summed E-state index contributed by atoms with van der Waals surface area (Å²) in [7, 11) is -1.67. The molecule has 0 unspecified atom stereocenters. The summed E-state index contributed by atoms with van der Waals surface area (Å²) in [5.41, 5.74) is 9.25. The molecule has 35 heavy (non-hydrogen) atoms. The highest BCUT2D eigenvalue weighted by Crippen LogP contribution is 2.28. The molecule has 11 heteroatoms. The lowest BCUT2D eigenvalue weighted by molar-refractivity contribution is 0.398. The van der Waals surface area contributed by atoms with E-state index in [9.17, 15) is 8.42 Å². The topological polar surface area (TPSA) is 146 Å². The normalized spacial score (nSPS) is 11.3. The minimum absolute atomic E-state index is 0.126. The fourth-order valence-corrected chi connectivity index (χ4v) is 4.07. The van der Waals surface area contributed by atoms with Crippen molar-refractivity contribution < 1.29 is 13.2 Å². The Balaban J connectivity index is 1.62. The first-order valence-corrected chi connectivity index (χ1v) is 12.6. The van der Waals surface area contributed by atoms with Gasteiger partial charge < -0.3 is 15.8 Å². The third-order valence-electron chi connectivity index (χ3n) is 5.21. The number of hydrogen-bond acceptors (Lipinski definition) is 10. The van der Waals surface area contributed by atoms with Crippen LogP contribution < -0.4 is 15.8 Å². The summed E-state index contributed by atoms with van der Waals surface area (Å²) in [6.45, 7) is 1.75. The van der Waals surface area contributed by atoms with Gasteiger partial charge in [-0.1, -0.05) is 12.1 Å². The molecule has 10 nitrogen and oxygen atoms in total. The number of sulfone groups is 1. The molecule has 3 heterocycles. The number of methoxy groups -OCH3 is 1. The van der Waals surface area contributed by atoms with Gasteiger partial charge in [0.15, 0.2) is 15.7 Å². The van der Waals surface area contributed by atoms with Gasteiger partial charge in [-0.3, -0.25) is 0 Å². The number of nitrogens with zero attached hydrogens (tertiary/aromatic N) is 5. The van der Waals surface area contributed by atoms with Crippen molar-refractivity contribution in [2.75, 3.05) is 24.4 Å². The molecule has 0 bridgehead atoms. The molecule has 4 aromatic rings. The van der Waals surface area contributed by atoms with Crippen LogP contribution in [0.15, 0.2) is 59.8 Å². The van der Waals surface area contributed by atoms with Crippen molar-refractivity contribution in [3.05, 3.63) is 71.8 Å². The van der Waals surface area contributed by atoms with E-state index in [1.165, 1.54) is 6.26 Å². The molecule has 3 aromatic heterocycles. The average Bonchev–Trinajstić information content (AvgIpc) is 2.83. The minimum atomic E-state index is -3.22. The second-order valence-corrected chi connectivity index (χ2v) is 9.95. The summed E-state index contributed by atoms with van der Waals surface area (Å²) in [5, 5.41) is 3.26. The zero-order valence-corrected chi connectivity index (χ0v) is 20.4. The van der Waals surface area contributed by atoms with E-state index < -0.39 is 9.84 Å². The molecule has 0 saturated carbocycles. The van der Waals surface area contributed by atoms with Crippen molar-refractivity contribution in [3.63, 3.8) is 0 Å². The highest BCUT2D eigenvalue weighted by molar-refractivity contribution is 7.90. The molecular weight excluding hydrogens is 466 g/mol. The van der Waals surface area contributed by atoms with E-state index in [-0.39, 0.29) is 5.95 Å². The van der Waals surface area contributed by atoms with E-state index in [4.69, 9.17) is 10.5 Å². The minimum Gasteiger partial charge on any atom is -0.481 e. The van der Waals surface area contributed by atoms with Crippen LogP contribution in [0.2, 0.25) is 0 Å². The zero-order valence-electron chi connectivity index (χ0n) is 19.6. The molecule has 3 N–H and O–H groups in total. The number of rotatable bonds is 8. The van der Waals surface area contributed by atoms with Crippen LogP contribution >= 0.6 is 0 Å². The summed E-state index contributed by atoms with van der Waals surface area (Å²) in [6.07, 6.45) is 6.01. The van der Waals surface area contributed by atoms with Gasteiger partial charge in [0, 0.05) is 18.5 Å². The number of pyridine rings is 2. The fraction of sp³-hybridized carbons (Fsp3) is 0.208. The predicted octanol–water partition coefficient (Wildman–Crippen LogP) is 3.16. The summed E-state index contributed by atoms with van der Waals surface area (Å²) >= 11 is 0. The predicted molar refractivity (Wildman–Crippen MR) is 133 cm³/mol. The Morgan fingerprint density at radius 1 is 0.943 bits per heavy atom. The molecule has 0 aliphatic rings. The monoisotopic (exact) mass is 491 g/mol. The van der Waals surface area contributed by atoms with Crippen LogP contribution in [0.3, 0.4) is 0 Å². The molecule has 0 atom stereocenters. The van der Waals surface area contributed by atoms with E-state index in [1.807, 2.05) is 24.3 Å². The van der Waals surface area contributed by atoms with Crippen molar-refractivity contribution in [3.8, 4) is 17.3 Å². The van der Waals surface area contributed by atoms with Crippen LogP contribution in [0, 0.1) is 6.92 Å². The molecule has 1 aromatic carbocycles. The van der Waals surface area contributed by atoms with Gasteiger partial charge in [-0.2, -0.15) is 9.97 Å². The van der Waals surface area contributed by atoms with Gasteiger partial charge in [0.25, 0.3) is 0 Å². The molecule has 0 amide bonds. The first kappa shape index (κ1) is 24.0. The lowest BCUT2D eigenvalue weighted by Crippen LogP contribution is -2.05. The van der Waals surface area contributed by atoms with Crippen LogP contribution in [0.5, 0.6) is 5.88 Å². The smallest absolute Gasteiger partial charge is 0.223 e. The molecule has 180 valence electrons. The molecule has 4 rings (SSSR count). The Hall–Kier alpha value is -4.12. The first-order valence-electron chi connectivity index (χ1n) is 10.7. The molecule has 0 radical (unpaired) electrons. The van der Waals surface area contributed by atoms with E-state index in [0.717, 1.165) is 16.8 Å². The van der Waals surface area contributed by atoms with Gasteiger partial charge in [-0.15, -0.1) is 0 Å². The van der Waals surface area contributed by atoms with Crippen LogP contribution in [-0.2, 0) is 22.7 Å². The molecule has 0 fully saturated rings. The van der Waals surface area contributed by atoms with Gasteiger partial charge >= 0.3 is 0 Å². The van der Waals surface area contributed by atoms with Gasteiger partial charge in [0.05, 0.1) is 29.5 Å². The fourth-order valence-electron chi connectivity index (χ4n) is 3.44. The average molecular weight is 492 g/mol. The summed E-state index contributed by atoms with van der Waals surface area (Å²) in [6, 6.07) is 12.4. The summed E-state index contributed by atoms with van der Waals surface area (Å²) in [5.74, 6) is 2.08. The Bertz CT molecular complexity index is 1420. The van der Waals surface area contributed by atoms with Crippen molar-refractivity contribution in [1.29, 1.82) is 0 Å². The first-order chi connectivity index (χ1) is 16.7. The summed E-state index contributed by atoms with van der Waals surface area (Å²) < 4.78 is 28.5. The zero-order chi connectivity index (χ0) is 25.0. The van der Waals surface area contributed by atoms with Crippen molar-refractivity contribution >= 4 is 27.3 Å². The number of nitrogens with one attached hydrogen (secondary N) is 1.